The molecule has 0 bridgehead atoms. The second kappa shape index (κ2) is 8.66. The molecule has 1 saturated heterocycles. The van der Waals surface area contributed by atoms with Crippen LogP contribution in [0.3, 0.4) is 0 Å². The third kappa shape index (κ3) is 4.75. The zero-order chi connectivity index (χ0) is 19.4. The van der Waals surface area contributed by atoms with Crippen molar-refractivity contribution in [1.29, 1.82) is 0 Å². The van der Waals surface area contributed by atoms with Gasteiger partial charge in [0.15, 0.2) is 0 Å². The summed E-state index contributed by atoms with van der Waals surface area (Å²) >= 11 is 0. The number of aliphatic hydroxyl groups excluding tert-OH is 2. The number of hydrogen-bond acceptors (Lipinski definition) is 7. The van der Waals surface area contributed by atoms with Crippen molar-refractivity contribution < 1.29 is 29.3 Å². The van der Waals surface area contributed by atoms with Gasteiger partial charge in [-0.25, -0.2) is 4.79 Å². The average molecular weight is 379 g/mol. The molecule has 1 fully saturated rings. The SMILES string of the molecule is CC(=O)NCC1CN(c2ccc3c(c2)CCN(C(O)COCO)C3)C(=O)O1. The molecule has 9 nitrogen and oxygen atoms in total. The van der Waals surface area contributed by atoms with Crippen molar-refractivity contribution in [3.8, 4) is 0 Å². The molecule has 0 saturated carbocycles. The predicted octanol–water partition coefficient (Wildman–Crippen LogP) is -0.209. The van der Waals surface area contributed by atoms with E-state index in [-0.39, 0.29) is 18.6 Å². The van der Waals surface area contributed by atoms with E-state index >= 15 is 0 Å². The number of amides is 2. The Morgan fingerprint density at radius 2 is 2.26 bits per heavy atom. The first-order chi connectivity index (χ1) is 13.0. The van der Waals surface area contributed by atoms with Gasteiger partial charge in [0.25, 0.3) is 0 Å². The molecule has 2 aliphatic rings. The van der Waals surface area contributed by atoms with E-state index in [1.165, 1.54) is 6.92 Å². The Morgan fingerprint density at radius 3 is 3.00 bits per heavy atom. The molecule has 0 radical (unpaired) electrons. The second-order valence-corrected chi connectivity index (χ2v) is 6.71. The van der Waals surface area contributed by atoms with E-state index in [1.807, 2.05) is 23.1 Å². The molecule has 2 unspecified atom stereocenters. The van der Waals surface area contributed by atoms with Crippen LogP contribution in [0.15, 0.2) is 18.2 Å². The first-order valence-corrected chi connectivity index (χ1v) is 8.93. The van der Waals surface area contributed by atoms with Gasteiger partial charge in [-0.1, -0.05) is 6.07 Å². The zero-order valence-corrected chi connectivity index (χ0v) is 15.3. The summed E-state index contributed by atoms with van der Waals surface area (Å²) in [6, 6.07) is 5.79. The number of anilines is 1. The lowest BCUT2D eigenvalue weighted by molar-refractivity contribution is -0.119. The monoisotopic (exact) mass is 379 g/mol. The second-order valence-electron chi connectivity index (χ2n) is 6.71. The Balaban J connectivity index is 1.63. The first kappa shape index (κ1) is 19.6. The number of nitrogens with zero attached hydrogens (tertiary/aromatic N) is 2. The average Bonchev–Trinajstić information content (AvgIpc) is 3.04. The summed E-state index contributed by atoms with van der Waals surface area (Å²) in [7, 11) is 0. The van der Waals surface area contributed by atoms with Crippen LogP contribution in [-0.4, -0.2) is 72.5 Å². The lowest BCUT2D eigenvalue weighted by Gasteiger charge is -2.32. The van der Waals surface area contributed by atoms with Gasteiger partial charge in [-0.05, 0) is 29.7 Å². The van der Waals surface area contributed by atoms with Crippen molar-refractivity contribution in [1.82, 2.24) is 10.2 Å². The van der Waals surface area contributed by atoms with Crippen molar-refractivity contribution in [2.24, 2.45) is 0 Å². The Kier molecular flexibility index (Phi) is 6.27. The summed E-state index contributed by atoms with van der Waals surface area (Å²) in [5.41, 5.74) is 2.97. The summed E-state index contributed by atoms with van der Waals surface area (Å²) < 4.78 is 10.2. The molecule has 2 aliphatic heterocycles. The van der Waals surface area contributed by atoms with Gasteiger partial charge in [0.2, 0.25) is 5.91 Å². The van der Waals surface area contributed by atoms with E-state index in [9.17, 15) is 14.7 Å². The van der Waals surface area contributed by atoms with E-state index in [2.05, 4.69) is 5.32 Å². The minimum absolute atomic E-state index is 0.0548. The number of fused-ring (bicyclic) bond motifs is 1. The number of cyclic esters (lactones) is 1. The third-order valence-electron chi connectivity index (χ3n) is 4.78. The van der Waals surface area contributed by atoms with Crippen LogP contribution < -0.4 is 10.2 Å². The Hall–Kier alpha value is -2.20. The summed E-state index contributed by atoms with van der Waals surface area (Å²) in [6.45, 7) is 2.98. The maximum absolute atomic E-state index is 12.2. The number of benzene rings is 1. The molecule has 148 valence electrons. The predicted molar refractivity (Wildman–Crippen MR) is 95.9 cm³/mol. The molecule has 9 heteroatoms. The number of aliphatic hydroxyl groups is 2. The zero-order valence-electron chi connectivity index (χ0n) is 15.3. The fourth-order valence-electron chi connectivity index (χ4n) is 3.34. The lowest BCUT2D eigenvalue weighted by Crippen LogP contribution is -2.42. The molecular formula is C18H25N3O6. The molecule has 0 aliphatic carbocycles. The Bertz CT molecular complexity index is 698. The molecule has 0 spiro atoms. The number of carbonyl (C=O) groups excluding carboxylic acids is 2. The maximum atomic E-state index is 12.2. The van der Waals surface area contributed by atoms with Crippen LogP contribution in [0.1, 0.15) is 18.1 Å². The standard InChI is InChI=1S/C18H25N3O6/c1-12(23)19-7-16-9-21(18(25)27-16)15-3-2-14-8-20(5-4-13(14)6-15)17(24)10-26-11-22/h2-3,6,16-17,22,24H,4-5,7-11H2,1H3,(H,19,23). The Morgan fingerprint density at radius 1 is 1.44 bits per heavy atom. The smallest absolute Gasteiger partial charge is 0.414 e. The van der Waals surface area contributed by atoms with Crippen LogP contribution >= 0.6 is 0 Å². The van der Waals surface area contributed by atoms with E-state index in [0.717, 1.165) is 23.2 Å². The normalized spacial score (nSPS) is 20.9. The highest BCUT2D eigenvalue weighted by Gasteiger charge is 2.33. The summed E-state index contributed by atoms with van der Waals surface area (Å²) in [4.78, 5) is 26.6. The molecule has 27 heavy (non-hydrogen) atoms. The summed E-state index contributed by atoms with van der Waals surface area (Å²) in [6.07, 6.45) is -0.820. The lowest BCUT2D eigenvalue weighted by atomic mass is 9.98. The van der Waals surface area contributed by atoms with Gasteiger partial charge in [0.1, 0.15) is 19.1 Å². The third-order valence-corrected chi connectivity index (χ3v) is 4.78. The van der Waals surface area contributed by atoms with Crippen LogP contribution in [0.25, 0.3) is 0 Å². The fraction of sp³-hybridized carbons (Fsp3) is 0.556. The number of carbonyl (C=O) groups is 2. The van der Waals surface area contributed by atoms with Crippen LogP contribution in [0.4, 0.5) is 10.5 Å². The van der Waals surface area contributed by atoms with Gasteiger partial charge in [-0.2, -0.15) is 0 Å². The minimum atomic E-state index is -0.770. The quantitative estimate of drug-likeness (QED) is 0.562. The van der Waals surface area contributed by atoms with Crippen LogP contribution in [-0.2, 0) is 27.2 Å². The number of rotatable bonds is 7. The van der Waals surface area contributed by atoms with Gasteiger partial charge >= 0.3 is 6.09 Å². The van der Waals surface area contributed by atoms with Crippen LogP contribution in [0.2, 0.25) is 0 Å². The van der Waals surface area contributed by atoms with Crippen molar-refractivity contribution in [3.63, 3.8) is 0 Å². The van der Waals surface area contributed by atoms with E-state index < -0.39 is 19.1 Å². The molecule has 0 aromatic heterocycles. The van der Waals surface area contributed by atoms with Crippen LogP contribution in [0.5, 0.6) is 0 Å². The Labute approximate surface area is 157 Å². The largest absolute Gasteiger partial charge is 0.442 e. The fourth-order valence-corrected chi connectivity index (χ4v) is 3.34. The highest BCUT2D eigenvalue weighted by molar-refractivity contribution is 5.90. The summed E-state index contributed by atoms with van der Waals surface area (Å²) in [5, 5.41) is 21.5. The van der Waals surface area contributed by atoms with Crippen molar-refractivity contribution in [3.05, 3.63) is 29.3 Å². The molecule has 1 aromatic carbocycles. The van der Waals surface area contributed by atoms with E-state index in [1.54, 1.807) is 4.90 Å². The van der Waals surface area contributed by atoms with E-state index in [4.69, 9.17) is 14.6 Å². The summed E-state index contributed by atoms with van der Waals surface area (Å²) in [5.74, 6) is -0.158. The molecule has 3 N–H and O–H groups in total. The van der Waals surface area contributed by atoms with Crippen molar-refractivity contribution in [2.45, 2.75) is 32.2 Å². The number of ether oxygens (including phenoxy) is 2. The molecule has 3 rings (SSSR count). The molecule has 2 heterocycles. The highest BCUT2D eigenvalue weighted by atomic mass is 16.6. The van der Waals surface area contributed by atoms with Gasteiger partial charge < -0.3 is 25.0 Å². The molecule has 1 aromatic rings. The number of hydrogen-bond donors (Lipinski definition) is 3. The highest BCUT2D eigenvalue weighted by Crippen LogP contribution is 2.28. The van der Waals surface area contributed by atoms with E-state index in [0.29, 0.717) is 26.2 Å². The van der Waals surface area contributed by atoms with Crippen molar-refractivity contribution >= 4 is 17.7 Å². The van der Waals surface area contributed by atoms with Gasteiger partial charge in [0.05, 0.1) is 19.7 Å². The van der Waals surface area contributed by atoms with Gasteiger partial charge in [-0.3, -0.25) is 14.6 Å². The molecule has 2 atom stereocenters. The van der Waals surface area contributed by atoms with Crippen molar-refractivity contribution in [2.75, 3.05) is 37.9 Å². The van der Waals surface area contributed by atoms with Crippen LogP contribution in [0, 0.1) is 0 Å². The molecular weight excluding hydrogens is 354 g/mol. The maximum Gasteiger partial charge on any atom is 0.414 e. The molecule has 2 amide bonds. The first-order valence-electron chi connectivity index (χ1n) is 8.93. The minimum Gasteiger partial charge on any atom is -0.442 e. The number of nitrogens with one attached hydrogen (secondary N) is 1. The topological polar surface area (TPSA) is 112 Å². The van der Waals surface area contributed by atoms with Gasteiger partial charge in [-0.15, -0.1) is 0 Å². The van der Waals surface area contributed by atoms with Gasteiger partial charge in [0, 0.05) is 25.7 Å².